The van der Waals surface area contributed by atoms with Crippen LogP contribution in [-0.4, -0.2) is 18.2 Å². The van der Waals surface area contributed by atoms with Crippen molar-refractivity contribution in [2.24, 2.45) is 0 Å². The van der Waals surface area contributed by atoms with Gasteiger partial charge < -0.3 is 9.84 Å². The van der Waals surface area contributed by atoms with Crippen LogP contribution in [0.4, 0.5) is 0 Å². The van der Waals surface area contributed by atoms with Gasteiger partial charge in [-0.25, -0.2) is 0 Å². The Labute approximate surface area is 115 Å². The third-order valence-corrected chi connectivity index (χ3v) is 3.59. The van der Waals surface area contributed by atoms with Crippen LogP contribution in [0.2, 0.25) is 0 Å². The Hall–Kier alpha value is -1.51. The lowest BCUT2D eigenvalue weighted by molar-refractivity contribution is -0.137. The predicted molar refractivity (Wildman–Crippen MR) is 77.1 cm³/mol. The molecule has 1 N–H and O–H groups in total. The molecule has 1 atom stereocenters. The van der Waals surface area contributed by atoms with Crippen LogP contribution in [0.15, 0.2) is 12.1 Å². The number of carbonyl (C=O) groups is 1. The van der Waals surface area contributed by atoms with E-state index < -0.39 is 5.97 Å². The Bertz CT molecular complexity index is 450. The van der Waals surface area contributed by atoms with E-state index in [0.29, 0.717) is 5.92 Å². The molecule has 0 amide bonds. The first-order valence-electron chi connectivity index (χ1n) is 6.80. The summed E-state index contributed by atoms with van der Waals surface area (Å²) in [6.45, 7) is 8.29. The van der Waals surface area contributed by atoms with E-state index in [4.69, 9.17) is 9.84 Å². The summed E-state index contributed by atoms with van der Waals surface area (Å²) >= 11 is 0. The molecule has 3 heteroatoms. The number of ether oxygens (including phenoxy) is 1. The van der Waals surface area contributed by atoms with Crippen LogP contribution in [-0.2, 0) is 4.79 Å². The van der Waals surface area contributed by atoms with Crippen LogP contribution in [0, 0.1) is 6.92 Å². The first kappa shape index (κ1) is 15.5. The fourth-order valence-electron chi connectivity index (χ4n) is 2.47. The van der Waals surface area contributed by atoms with Crippen molar-refractivity contribution >= 4 is 5.97 Å². The van der Waals surface area contributed by atoms with Crippen molar-refractivity contribution in [2.75, 3.05) is 7.11 Å². The molecule has 1 unspecified atom stereocenters. The van der Waals surface area contributed by atoms with Crippen molar-refractivity contribution in [2.45, 2.75) is 52.4 Å². The van der Waals surface area contributed by atoms with Gasteiger partial charge in [0.05, 0.1) is 13.5 Å². The van der Waals surface area contributed by atoms with Gasteiger partial charge in [-0.15, -0.1) is 0 Å². The molecule has 106 valence electrons. The number of aryl methyl sites for hydroxylation is 1. The molecule has 0 bridgehead atoms. The van der Waals surface area contributed by atoms with Crippen molar-refractivity contribution in [1.82, 2.24) is 0 Å². The summed E-state index contributed by atoms with van der Waals surface area (Å²) in [4.78, 5) is 11.0. The third kappa shape index (κ3) is 3.72. The van der Waals surface area contributed by atoms with E-state index in [1.54, 1.807) is 7.11 Å². The largest absolute Gasteiger partial charge is 0.496 e. The Kier molecular flexibility index (Phi) is 5.40. The van der Waals surface area contributed by atoms with Crippen LogP contribution in [0.3, 0.4) is 0 Å². The van der Waals surface area contributed by atoms with Crippen molar-refractivity contribution in [1.29, 1.82) is 0 Å². The summed E-state index contributed by atoms with van der Waals surface area (Å²) in [6.07, 6.45) is 1.01. The average Bonchev–Trinajstić information content (AvgIpc) is 2.35. The third-order valence-electron chi connectivity index (χ3n) is 3.59. The highest BCUT2D eigenvalue weighted by Crippen LogP contribution is 2.34. The molecule has 0 saturated heterocycles. The molecule has 0 saturated carbocycles. The van der Waals surface area contributed by atoms with Gasteiger partial charge in [0.1, 0.15) is 5.75 Å². The molecule has 0 aliphatic carbocycles. The predicted octanol–water partition coefficient (Wildman–Crippen LogP) is 4.10. The standard InChI is InChI=1S/C16H24O3/c1-6-12(8-16(17)18)14-9-13(10(2)3)15(19-5)7-11(14)4/h7,9-10,12H,6,8H2,1-5H3,(H,17,18). The van der Waals surface area contributed by atoms with Crippen LogP contribution in [0.1, 0.15) is 62.1 Å². The Morgan fingerprint density at radius 3 is 2.37 bits per heavy atom. The van der Waals surface area contributed by atoms with Crippen LogP contribution < -0.4 is 4.74 Å². The van der Waals surface area contributed by atoms with Gasteiger partial charge in [0.2, 0.25) is 0 Å². The molecule has 0 radical (unpaired) electrons. The molecule has 0 aromatic heterocycles. The highest BCUT2D eigenvalue weighted by Gasteiger charge is 2.19. The normalized spacial score (nSPS) is 12.5. The quantitative estimate of drug-likeness (QED) is 0.841. The first-order chi connectivity index (χ1) is 8.90. The summed E-state index contributed by atoms with van der Waals surface area (Å²) in [5.41, 5.74) is 3.38. The minimum Gasteiger partial charge on any atom is -0.496 e. The molecular weight excluding hydrogens is 240 g/mol. The molecule has 0 heterocycles. The second-order valence-electron chi connectivity index (χ2n) is 5.31. The molecule has 19 heavy (non-hydrogen) atoms. The summed E-state index contributed by atoms with van der Waals surface area (Å²) in [5.74, 6) is 0.576. The number of aliphatic carboxylic acids is 1. The Morgan fingerprint density at radius 1 is 1.32 bits per heavy atom. The molecule has 0 aliphatic heterocycles. The SMILES string of the molecule is CCC(CC(=O)O)c1cc(C(C)C)c(OC)cc1C. The monoisotopic (exact) mass is 264 g/mol. The average molecular weight is 264 g/mol. The van der Waals surface area contributed by atoms with Crippen molar-refractivity contribution < 1.29 is 14.6 Å². The zero-order chi connectivity index (χ0) is 14.6. The van der Waals surface area contributed by atoms with Gasteiger partial charge in [-0.2, -0.15) is 0 Å². The van der Waals surface area contributed by atoms with Gasteiger partial charge in [-0.05, 0) is 47.9 Å². The molecule has 1 aromatic carbocycles. The second kappa shape index (κ2) is 6.60. The summed E-state index contributed by atoms with van der Waals surface area (Å²) in [6, 6.07) is 4.14. The molecule has 0 fully saturated rings. The summed E-state index contributed by atoms with van der Waals surface area (Å²) < 4.78 is 5.42. The molecule has 1 rings (SSSR count). The minimum atomic E-state index is -0.742. The highest BCUT2D eigenvalue weighted by atomic mass is 16.5. The zero-order valence-electron chi connectivity index (χ0n) is 12.5. The van der Waals surface area contributed by atoms with Gasteiger partial charge in [-0.1, -0.05) is 26.8 Å². The molecule has 1 aromatic rings. The first-order valence-corrected chi connectivity index (χ1v) is 6.80. The number of benzene rings is 1. The van der Waals surface area contributed by atoms with Crippen LogP contribution in [0.5, 0.6) is 5.75 Å². The van der Waals surface area contributed by atoms with Gasteiger partial charge in [0, 0.05) is 0 Å². The maximum atomic E-state index is 11.0. The summed E-state index contributed by atoms with van der Waals surface area (Å²) in [7, 11) is 1.68. The number of hydrogen-bond donors (Lipinski definition) is 1. The molecular formula is C16H24O3. The Morgan fingerprint density at radius 2 is 1.95 bits per heavy atom. The second-order valence-corrected chi connectivity index (χ2v) is 5.31. The van der Waals surface area contributed by atoms with Gasteiger partial charge in [-0.3, -0.25) is 4.79 Å². The lowest BCUT2D eigenvalue weighted by Gasteiger charge is -2.20. The number of methoxy groups -OCH3 is 1. The zero-order valence-corrected chi connectivity index (χ0v) is 12.5. The lowest BCUT2D eigenvalue weighted by Crippen LogP contribution is -2.08. The van der Waals surface area contributed by atoms with Gasteiger partial charge in [0.15, 0.2) is 0 Å². The van der Waals surface area contributed by atoms with Gasteiger partial charge in [0.25, 0.3) is 0 Å². The Balaban J connectivity index is 3.26. The van der Waals surface area contributed by atoms with E-state index >= 15 is 0 Å². The topological polar surface area (TPSA) is 46.5 Å². The number of carboxylic acid groups (broad SMARTS) is 1. The fourth-order valence-corrected chi connectivity index (χ4v) is 2.47. The van der Waals surface area contributed by atoms with Crippen molar-refractivity contribution in [3.05, 3.63) is 28.8 Å². The maximum Gasteiger partial charge on any atom is 0.303 e. The number of rotatable bonds is 6. The molecule has 0 spiro atoms. The van der Waals surface area contributed by atoms with Crippen molar-refractivity contribution in [3.8, 4) is 5.75 Å². The fraction of sp³-hybridized carbons (Fsp3) is 0.562. The van der Waals surface area contributed by atoms with Crippen molar-refractivity contribution in [3.63, 3.8) is 0 Å². The minimum absolute atomic E-state index is 0.0703. The van der Waals surface area contributed by atoms with E-state index in [9.17, 15) is 4.79 Å². The van der Waals surface area contributed by atoms with E-state index in [0.717, 1.165) is 28.9 Å². The van der Waals surface area contributed by atoms with Crippen LogP contribution in [0.25, 0.3) is 0 Å². The number of carboxylic acids is 1. The molecule has 3 nitrogen and oxygen atoms in total. The van der Waals surface area contributed by atoms with E-state index in [1.807, 2.05) is 19.9 Å². The summed E-state index contributed by atoms with van der Waals surface area (Å²) in [5, 5.41) is 9.02. The smallest absolute Gasteiger partial charge is 0.303 e. The van der Waals surface area contributed by atoms with E-state index in [2.05, 4.69) is 19.9 Å². The van der Waals surface area contributed by atoms with Gasteiger partial charge >= 0.3 is 5.97 Å². The highest BCUT2D eigenvalue weighted by molar-refractivity contribution is 5.68. The number of hydrogen-bond acceptors (Lipinski definition) is 2. The van der Waals surface area contributed by atoms with E-state index in [1.165, 1.54) is 0 Å². The maximum absolute atomic E-state index is 11.0. The lowest BCUT2D eigenvalue weighted by atomic mass is 9.86. The van der Waals surface area contributed by atoms with Crippen LogP contribution >= 0.6 is 0 Å². The van der Waals surface area contributed by atoms with E-state index in [-0.39, 0.29) is 12.3 Å². The molecule has 0 aliphatic rings.